The smallest absolute Gasteiger partial charge is 0.387 e. The van der Waals surface area contributed by atoms with E-state index in [9.17, 15) is 19.4 Å². The highest BCUT2D eigenvalue weighted by atomic mass is 31.2. The maximum Gasteiger partial charge on any atom is 0.472 e. The molecule has 0 aliphatic carbocycles. The SMILES string of the molecule is CC/C=C\C/C=C\C/C=C\C/C=C\C/C=C\C/C=C\CCCCCCCCCCCCCCCCCCCCCCC(=O)NC(COP(=O)(O)OCC[N+](C)(C)C)C(O)/C=C/CC/C=C/CC/C=C/CCCCCCC. The molecule has 0 aromatic heterocycles. The van der Waals surface area contributed by atoms with Gasteiger partial charge in [-0.15, -0.1) is 0 Å². The molecule has 0 spiro atoms. The molecule has 0 radical (unpaired) electrons. The largest absolute Gasteiger partial charge is 0.472 e. The van der Waals surface area contributed by atoms with E-state index in [1.165, 1.54) is 154 Å². The number of hydrogen-bond donors (Lipinski definition) is 3. The number of quaternary nitrogens is 1. The lowest BCUT2D eigenvalue weighted by atomic mass is 10.0. The van der Waals surface area contributed by atoms with Crippen LogP contribution in [0.1, 0.15) is 258 Å². The first-order valence-electron chi connectivity index (χ1n) is 31.3. The van der Waals surface area contributed by atoms with E-state index in [1.54, 1.807) is 6.08 Å². The molecule has 0 bridgehead atoms. The molecule has 0 aliphatic rings. The average Bonchev–Trinajstić information content (AvgIpc) is 3.38. The molecule has 3 unspecified atom stereocenters. The molecule has 0 aliphatic heterocycles. The predicted octanol–water partition coefficient (Wildman–Crippen LogP) is 19.5. The lowest BCUT2D eigenvalue weighted by molar-refractivity contribution is -0.870. The molecule has 0 aromatic carbocycles. The zero-order chi connectivity index (χ0) is 55.6. The zero-order valence-electron chi connectivity index (χ0n) is 50.0. The van der Waals surface area contributed by atoms with E-state index in [1.807, 2.05) is 27.2 Å². The molecule has 438 valence electrons. The monoisotopic (exact) mass is 1080 g/mol. The first-order valence-corrected chi connectivity index (χ1v) is 32.8. The molecular weight excluding hydrogens is 960 g/mol. The van der Waals surface area contributed by atoms with Crippen molar-refractivity contribution in [2.45, 2.75) is 270 Å². The van der Waals surface area contributed by atoms with Gasteiger partial charge in [0.1, 0.15) is 13.2 Å². The molecule has 0 aromatic rings. The van der Waals surface area contributed by atoms with Gasteiger partial charge in [-0.1, -0.05) is 264 Å². The minimum atomic E-state index is -4.36. The Labute approximate surface area is 470 Å². The first kappa shape index (κ1) is 73.2. The third kappa shape index (κ3) is 58.8. The Morgan fingerprint density at radius 2 is 0.803 bits per heavy atom. The Balaban J connectivity index is 4.00. The summed E-state index contributed by atoms with van der Waals surface area (Å²) in [7, 11) is 1.54. The van der Waals surface area contributed by atoms with E-state index in [-0.39, 0.29) is 19.1 Å². The van der Waals surface area contributed by atoms with Crippen LogP contribution >= 0.6 is 7.82 Å². The lowest BCUT2D eigenvalue weighted by Gasteiger charge is -2.25. The second kappa shape index (κ2) is 56.9. The summed E-state index contributed by atoms with van der Waals surface area (Å²) in [6, 6.07) is -0.873. The van der Waals surface area contributed by atoms with E-state index < -0.39 is 20.0 Å². The summed E-state index contributed by atoms with van der Waals surface area (Å²) in [6.45, 7) is 4.66. The average molecular weight is 1080 g/mol. The summed E-state index contributed by atoms with van der Waals surface area (Å²) in [5.74, 6) is -0.192. The lowest BCUT2D eigenvalue weighted by Crippen LogP contribution is -2.45. The number of aliphatic hydroxyl groups is 1. The standard InChI is InChI=1S/C67H119N2O6P/c1-6-8-10-12-14-16-18-20-22-23-24-25-26-27-28-29-30-31-32-33-34-35-36-37-38-39-40-41-42-43-44-45-47-49-51-53-55-57-59-61-67(71)68-65(64-75-76(72,73)74-63-62-69(3,4)5)66(70)60-58-56-54-52-50-48-46-21-19-17-15-13-11-9-7-2/h8,10,14,16,19-22,24-25,27-28,30-31,50,52,58,60,65-66,70H,6-7,9,11-13,15,17-18,23,26,29,32-49,51,53-57,59,61-64H2,1-5H3,(H-,68,71,72,73)/p+1/b10-8-,16-14-,21-19+,22-20-,25-24-,28-27-,31-30-,52-50+,60-58+. The molecule has 0 fully saturated rings. The highest BCUT2D eigenvalue weighted by Crippen LogP contribution is 2.43. The van der Waals surface area contributed by atoms with Crippen LogP contribution in [-0.2, 0) is 18.4 Å². The number of unbranched alkanes of at least 4 members (excludes halogenated alkanes) is 27. The van der Waals surface area contributed by atoms with Crippen LogP contribution in [0.5, 0.6) is 0 Å². The van der Waals surface area contributed by atoms with Gasteiger partial charge in [-0.25, -0.2) is 4.57 Å². The highest BCUT2D eigenvalue weighted by molar-refractivity contribution is 7.47. The predicted molar refractivity (Wildman–Crippen MR) is 332 cm³/mol. The van der Waals surface area contributed by atoms with Crippen LogP contribution < -0.4 is 5.32 Å². The molecule has 76 heavy (non-hydrogen) atoms. The molecule has 0 heterocycles. The number of aliphatic hydroxyl groups excluding tert-OH is 1. The van der Waals surface area contributed by atoms with E-state index in [0.717, 1.165) is 83.5 Å². The molecular formula is C67H120N2O6P+. The molecule has 9 heteroatoms. The topological polar surface area (TPSA) is 105 Å². The number of phosphoric acid groups is 1. The second-order valence-electron chi connectivity index (χ2n) is 22.0. The van der Waals surface area contributed by atoms with Gasteiger partial charge in [-0.05, 0) is 96.3 Å². The molecule has 0 rings (SSSR count). The number of phosphoric ester groups is 1. The van der Waals surface area contributed by atoms with Crippen LogP contribution in [0.25, 0.3) is 0 Å². The number of likely N-dealkylation sites (N-methyl/N-ethyl adjacent to an activating group) is 1. The van der Waals surface area contributed by atoms with Crippen LogP contribution in [0, 0.1) is 0 Å². The normalized spacial score (nSPS) is 14.6. The van der Waals surface area contributed by atoms with Crippen molar-refractivity contribution >= 4 is 13.7 Å². The molecule has 1 amide bonds. The Hall–Kier alpha value is -2.84. The Morgan fingerprint density at radius 3 is 1.21 bits per heavy atom. The maximum absolute atomic E-state index is 13.0. The third-order valence-corrected chi connectivity index (χ3v) is 14.4. The van der Waals surface area contributed by atoms with Crippen molar-refractivity contribution < 1.29 is 32.9 Å². The molecule has 8 nitrogen and oxygen atoms in total. The van der Waals surface area contributed by atoms with Gasteiger partial charge < -0.3 is 19.8 Å². The Bertz CT molecular complexity index is 1600. The summed E-state index contributed by atoms with van der Waals surface area (Å²) < 4.78 is 23.7. The fourth-order valence-corrected chi connectivity index (χ4v) is 9.34. The molecule has 0 saturated carbocycles. The summed E-state index contributed by atoms with van der Waals surface area (Å²) in [5, 5.41) is 13.9. The van der Waals surface area contributed by atoms with E-state index >= 15 is 0 Å². The maximum atomic E-state index is 13.0. The number of nitrogens with one attached hydrogen (secondary N) is 1. The van der Waals surface area contributed by atoms with Crippen molar-refractivity contribution in [3.63, 3.8) is 0 Å². The van der Waals surface area contributed by atoms with Gasteiger partial charge in [0.2, 0.25) is 5.91 Å². The van der Waals surface area contributed by atoms with E-state index in [0.29, 0.717) is 17.4 Å². The minimum Gasteiger partial charge on any atom is -0.387 e. The number of hydrogen-bond acceptors (Lipinski definition) is 5. The van der Waals surface area contributed by atoms with Gasteiger partial charge in [-0.2, -0.15) is 0 Å². The van der Waals surface area contributed by atoms with Gasteiger partial charge in [0.05, 0.1) is 39.9 Å². The van der Waals surface area contributed by atoms with Crippen molar-refractivity contribution in [2.24, 2.45) is 0 Å². The van der Waals surface area contributed by atoms with Crippen molar-refractivity contribution in [3.8, 4) is 0 Å². The molecule has 3 atom stereocenters. The van der Waals surface area contributed by atoms with Gasteiger partial charge in [0.15, 0.2) is 0 Å². The van der Waals surface area contributed by atoms with Gasteiger partial charge in [0.25, 0.3) is 0 Å². The summed E-state index contributed by atoms with van der Waals surface area (Å²) in [6.07, 6.45) is 83.6. The van der Waals surface area contributed by atoms with Crippen LogP contribution in [-0.4, -0.2) is 73.4 Å². The highest BCUT2D eigenvalue weighted by Gasteiger charge is 2.27. The molecule has 3 N–H and O–H groups in total. The van der Waals surface area contributed by atoms with Crippen molar-refractivity contribution in [1.29, 1.82) is 0 Å². The number of allylic oxidation sites excluding steroid dienone is 17. The first-order chi connectivity index (χ1) is 37.0. The fourth-order valence-electron chi connectivity index (χ4n) is 8.61. The number of carbonyl (C=O) groups is 1. The van der Waals surface area contributed by atoms with Crippen molar-refractivity contribution in [1.82, 2.24) is 5.32 Å². The number of amides is 1. The van der Waals surface area contributed by atoms with E-state index in [2.05, 4.69) is 116 Å². The summed E-state index contributed by atoms with van der Waals surface area (Å²) in [4.78, 5) is 23.3. The minimum absolute atomic E-state index is 0.0509. The van der Waals surface area contributed by atoms with E-state index in [4.69, 9.17) is 9.05 Å². The van der Waals surface area contributed by atoms with Crippen LogP contribution in [0.2, 0.25) is 0 Å². The second-order valence-corrected chi connectivity index (χ2v) is 23.5. The summed E-state index contributed by atoms with van der Waals surface area (Å²) in [5.41, 5.74) is 0. The Kier molecular flexibility index (Phi) is 54.7. The van der Waals surface area contributed by atoms with Gasteiger partial charge >= 0.3 is 7.82 Å². The Morgan fingerprint density at radius 1 is 0.461 bits per heavy atom. The van der Waals surface area contributed by atoms with Crippen LogP contribution in [0.3, 0.4) is 0 Å². The zero-order valence-corrected chi connectivity index (χ0v) is 50.9. The van der Waals surface area contributed by atoms with Crippen molar-refractivity contribution in [3.05, 3.63) is 109 Å². The number of rotatable bonds is 56. The number of nitrogens with zero attached hydrogens (tertiary/aromatic N) is 1. The fraction of sp³-hybridized carbons (Fsp3) is 0.716. The number of carbonyl (C=O) groups excluding carboxylic acids is 1. The van der Waals surface area contributed by atoms with Crippen molar-refractivity contribution in [2.75, 3.05) is 40.9 Å². The van der Waals surface area contributed by atoms with Gasteiger partial charge in [0, 0.05) is 6.42 Å². The van der Waals surface area contributed by atoms with Crippen LogP contribution in [0.15, 0.2) is 109 Å². The third-order valence-electron chi connectivity index (χ3n) is 13.5. The summed E-state index contributed by atoms with van der Waals surface area (Å²) >= 11 is 0. The molecule has 0 saturated heterocycles. The van der Waals surface area contributed by atoms with Gasteiger partial charge in [-0.3, -0.25) is 13.8 Å². The van der Waals surface area contributed by atoms with Crippen LogP contribution in [0.4, 0.5) is 0 Å². The quantitative estimate of drug-likeness (QED) is 0.0243.